The van der Waals surface area contributed by atoms with E-state index in [0.717, 1.165) is 5.56 Å². The average molecular weight is 389 g/mol. The van der Waals surface area contributed by atoms with Gasteiger partial charge in [0.05, 0.1) is 10.9 Å². The maximum atomic E-state index is 12.5. The molecule has 2 aromatic carbocycles. The van der Waals surface area contributed by atoms with Crippen LogP contribution in [0.15, 0.2) is 53.4 Å². The highest BCUT2D eigenvalue weighted by atomic mass is 32.2. The number of nitrogens with one attached hydrogen (secondary N) is 1. The zero-order chi connectivity index (χ0) is 20.0. The summed E-state index contributed by atoms with van der Waals surface area (Å²) in [6, 6.07) is 14.4. The van der Waals surface area contributed by atoms with Crippen LogP contribution < -0.4 is 5.32 Å². The molecule has 0 unspecified atom stereocenters. The molecule has 0 aromatic heterocycles. The van der Waals surface area contributed by atoms with Crippen LogP contribution in [-0.4, -0.2) is 32.2 Å². The first-order chi connectivity index (χ1) is 12.7. The number of sulfonamides is 1. The van der Waals surface area contributed by atoms with Crippen LogP contribution in [0.3, 0.4) is 0 Å². The summed E-state index contributed by atoms with van der Waals surface area (Å²) in [6.45, 7) is 6.36. The fourth-order valence-corrected chi connectivity index (χ4v) is 4.02. The first-order valence-electron chi connectivity index (χ1n) is 9.09. The van der Waals surface area contributed by atoms with Crippen molar-refractivity contribution in [2.45, 2.75) is 44.6 Å². The molecule has 0 saturated heterocycles. The molecule has 0 heterocycles. The van der Waals surface area contributed by atoms with Gasteiger partial charge in [0, 0.05) is 20.0 Å². The summed E-state index contributed by atoms with van der Waals surface area (Å²) < 4.78 is 26.2. The van der Waals surface area contributed by atoms with E-state index in [4.69, 9.17) is 0 Å². The Morgan fingerprint density at radius 3 is 2.37 bits per heavy atom. The van der Waals surface area contributed by atoms with Gasteiger partial charge in [-0.3, -0.25) is 4.79 Å². The lowest BCUT2D eigenvalue weighted by molar-refractivity contribution is -0.121. The molecular formula is C21H28N2O3S. The van der Waals surface area contributed by atoms with Crippen LogP contribution in [0.5, 0.6) is 0 Å². The minimum atomic E-state index is -3.51. The predicted octanol–water partition coefficient (Wildman–Crippen LogP) is 3.58. The molecule has 0 radical (unpaired) electrons. The second-order valence-electron chi connectivity index (χ2n) is 6.88. The van der Waals surface area contributed by atoms with Gasteiger partial charge in [0.2, 0.25) is 15.9 Å². The Kier molecular flexibility index (Phi) is 7.16. The fourth-order valence-electron chi connectivity index (χ4n) is 2.79. The van der Waals surface area contributed by atoms with Crippen LogP contribution in [0.2, 0.25) is 0 Å². The summed E-state index contributed by atoms with van der Waals surface area (Å²) in [7, 11) is -1.97. The Bertz CT molecular complexity index is 880. The second-order valence-corrected chi connectivity index (χ2v) is 8.92. The van der Waals surface area contributed by atoms with Crippen LogP contribution in [0.1, 0.15) is 42.5 Å². The highest BCUT2D eigenvalue weighted by Crippen LogP contribution is 2.17. The minimum absolute atomic E-state index is 0.0776. The Balaban J connectivity index is 1.84. The van der Waals surface area contributed by atoms with Gasteiger partial charge in [-0.2, -0.15) is 0 Å². The summed E-state index contributed by atoms with van der Waals surface area (Å²) in [4.78, 5) is 12.5. The smallest absolute Gasteiger partial charge is 0.242 e. The maximum Gasteiger partial charge on any atom is 0.242 e. The Hall–Kier alpha value is -2.18. The van der Waals surface area contributed by atoms with Gasteiger partial charge in [-0.05, 0) is 56.0 Å². The molecule has 0 bridgehead atoms. The first-order valence-corrected chi connectivity index (χ1v) is 10.5. The van der Waals surface area contributed by atoms with Crippen molar-refractivity contribution in [3.63, 3.8) is 0 Å². The molecule has 0 spiro atoms. The van der Waals surface area contributed by atoms with Gasteiger partial charge in [0.1, 0.15) is 0 Å². The summed E-state index contributed by atoms with van der Waals surface area (Å²) >= 11 is 0. The third-order valence-electron chi connectivity index (χ3n) is 4.74. The Morgan fingerprint density at radius 1 is 1.07 bits per heavy atom. The summed E-state index contributed by atoms with van der Waals surface area (Å²) in [5, 5.41) is 2.98. The Morgan fingerprint density at radius 2 is 1.74 bits per heavy atom. The van der Waals surface area contributed by atoms with Gasteiger partial charge in [0.25, 0.3) is 0 Å². The van der Waals surface area contributed by atoms with E-state index in [2.05, 4.69) is 31.3 Å². The number of carbonyl (C=O) groups is 1. The first kappa shape index (κ1) is 21.1. The van der Waals surface area contributed by atoms with Crippen molar-refractivity contribution in [1.29, 1.82) is 0 Å². The molecule has 27 heavy (non-hydrogen) atoms. The topological polar surface area (TPSA) is 66.5 Å². The third-order valence-corrected chi connectivity index (χ3v) is 6.61. The van der Waals surface area contributed by atoms with E-state index in [-0.39, 0.29) is 23.3 Å². The molecule has 2 rings (SSSR count). The van der Waals surface area contributed by atoms with E-state index in [9.17, 15) is 13.2 Å². The largest absolute Gasteiger partial charge is 0.350 e. The average Bonchev–Trinajstić information content (AvgIpc) is 2.64. The molecule has 146 valence electrons. The normalized spacial score (nSPS) is 12.8. The third kappa shape index (κ3) is 5.65. The molecule has 1 amide bonds. The number of aryl methyl sites for hydroxylation is 2. The van der Waals surface area contributed by atoms with Gasteiger partial charge < -0.3 is 5.32 Å². The molecule has 1 N–H and O–H groups in total. The van der Waals surface area contributed by atoms with E-state index >= 15 is 0 Å². The quantitative estimate of drug-likeness (QED) is 0.752. The van der Waals surface area contributed by atoms with Crippen molar-refractivity contribution < 1.29 is 13.2 Å². The van der Waals surface area contributed by atoms with Crippen molar-refractivity contribution >= 4 is 15.9 Å². The molecule has 0 aliphatic carbocycles. The lowest BCUT2D eigenvalue weighted by Gasteiger charge is -2.18. The standard InChI is InChI=1S/C21H28N2O3S/c1-16-12-13-19(15-17(16)2)18(3)22-21(24)11-8-14-23(4)27(25,26)20-9-6-5-7-10-20/h5-7,9-10,12-13,15,18H,8,11,14H2,1-4H3,(H,22,24)/t18-/m1/s1. The molecule has 5 nitrogen and oxygen atoms in total. The van der Waals surface area contributed by atoms with E-state index in [1.165, 1.54) is 22.5 Å². The summed E-state index contributed by atoms with van der Waals surface area (Å²) in [5.41, 5.74) is 3.48. The van der Waals surface area contributed by atoms with Gasteiger partial charge in [-0.25, -0.2) is 12.7 Å². The molecule has 1 atom stereocenters. The number of amides is 1. The van der Waals surface area contributed by atoms with Crippen molar-refractivity contribution in [3.05, 3.63) is 65.2 Å². The maximum absolute atomic E-state index is 12.5. The molecular weight excluding hydrogens is 360 g/mol. The summed E-state index contributed by atoms with van der Waals surface area (Å²) in [6.07, 6.45) is 0.748. The predicted molar refractivity (Wildman–Crippen MR) is 108 cm³/mol. The lowest BCUT2D eigenvalue weighted by Crippen LogP contribution is -2.30. The van der Waals surface area contributed by atoms with Crippen molar-refractivity contribution in [1.82, 2.24) is 9.62 Å². The van der Waals surface area contributed by atoms with Gasteiger partial charge >= 0.3 is 0 Å². The van der Waals surface area contributed by atoms with E-state index in [0.29, 0.717) is 13.0 Å². The van der Waals surface area contributed by atoms with E-state index in [1.54, 1.807) is 30.3 Å². The SMILES string of the molecule is Cc1ccc([C@@H](C)NC(=O)CCCN(C)S(=O)(=O)c2ccccc2)cc1C. The number of hydrogen-bond donors (Lipinski definition) is 1. The number of hydrogen-bond acceptors (Lipinski definition) is 3. The monoisotopic (exact) mass is 388 g/mol. The van der Waals surface area contributed by atoms with Crippen LogP contribution in [0, 0.1) is 13.8 Å². The molecule has 0 aliphatic heterocycles. The number of rotatable bonds is 8. The van der Waals surface area contributed by atoms with Crippen LogP contribution in [-0.2, 0) is 14.8 Å². The van der Waals surface area contributed by atoms with E-state index < -0.39 is 10.0 Å². The van der Waals surface area contributed by atoms with Crippen molar-refractivity contribution in [2.75, 3.05) is 13.6 Å². The zero-order valence-electron chi connectivity index (χ0n) is 16.4. The van der Waals surface area contributed by atoms with Gasteiger partial charge in [-0.1, -0.05) is 36.4 Å². The number of carbonyl (C=O) groups excluding carboxylic acids is 1. The highest BCUT2D eigenvalue weighted by molar-refractivity contribution is 7.89. The molecule has 0 saturated carbocycles. The van der Waals surface area contributed by atoms with Crippen LogP contribution in [0.25, 0.3) is 0 Å². The summed E-state index contributed by atoms with van der Waals surface area (Å²) in [5.74, 6) is -0.0776. The van der Waals surface area contributed by atoms with Crippen LogP contribution in [0.4, 0.5) is 0 Å². The second kappa shape index (κ2) is 9.15. The highest BCUT2D eigenvalue weighted by Gasteiger charge is 2.20. The molecule has 2 aromatic rings. The van der Waals surface area contributed by atoms with Crippen LogP contribution >= 0.6 is 0 Å². The number of nitrogens with zero attached hydrogens (tertiary/aromatic N) is 1. The van der Waals surface area contributed by atoms with E-state index in [1.807, 2.05) is 13.0 Å². The molecule has 0 fully saturated rings. The lowest BCUT2D eigenvalue weighted by atomic mass is 10.0. The van der Waals surface area contributed by atoms with Gasteiger partial charge in [0.15, 0.2) is 0 Å². The van der Waals surface area contributed by atoms with Gasteiger partial charge in [-0.15, -0.1) is 0 Å². The fraction of sp³-hybridized carbons (Fsp3) is 0.381. The van der Waals surface area contributed by atoms with Crippen molar-refractivity contribution in [2.24, 2.45) is 0 Å². The zero-order valence-corrected chi connectivity index (χ0v) is 17.2. The molecule has 0 aliphatic rings. The Labute approximate surface area is 162 Å². The minimum Gasteiger partial charge on any atom is -0.350 e. The molecule has 6 heteroatoms. The van der Waals surface area contributed by atoms with Crippen molar-refractivity contribution in [3.8, 4) is 0 Å². The number of benzene rings is 2.